The third-order valence-electron chi connectivity index (χ3n) is 1.87. The van der Waals surface area contributed by atoms with Gasteiger partial charge in [0.25, 0.3) is 0 Å². The van der Waals surface area contributed by atoms with Crippen molar-refractivity contribution in [3.05, 3.63) is 19.2 Å². The van der Waals surface area contributed by atoms with Gasteiger partial charge >= 0.3 is 6.18 Å². The van der Waals surface area contributed by atoms with Crippen LogP contribution in [0.1, 0.15) is 17.3 Å². The van der Waals surface area contributed by atoms with Gasteiger partial charge in [-0.3, -0.25) is 0 Å². The molecule has 0 aliphatic heterocycles. The summed E-state index contributed by atoms with van der Waals surface area (Å²) in [5.41, 5.74) is 5.83. The number of rotatable bonds is 5. The first kappa shape index (κ1) is 15.4. The Morgan fingerprint density at radius 2 is 2.06 bits per heavy atom. The quantitative estimate of drug-likeness (QED) is 0.755. The minimum Gasteiger partial charge on any atom is -0.372 e. The lowest BCUT2D eigenvalue weighted by Gasteiger charge is -2.11. The molecule has 0 aliphatic rings. The highest BCUT2D eigenvalue weighted by molar-refractivity contribution is 9.13. The third-order valence-corrected chi connectivity index (χ3v) is 5.26. The largest absolute Gasteiger partial charge is 0.411 e. The zero-order valence-corrected chi connectivity index (χ0v) is 12.5. The fourth-order valence-electron chi connectivity index (χ4n) is 1.09. The maximum Gasteiger partial charge on any atom is 0.411 e. The van der Waals surface area contributed by atoms with E-state index < -0.39 is 12.8 Å². The van der Waals surface area contributed by atoms with E-state index in [1.165, 1.54) is 11.3 Å². The first-order chi connectivity index (χ1) is 7.79. The molecule has 17 heavy (non-hydrogen) atoms. The fraction of sp³-hybridized carbons (Fsp3) is 0.556. The normalized spacial score (nSPS) is 14.0. The van der Waals surface area contributed by atoms with Crippen molar-refractivity contribution in [1.82, 2.24) is 0 Å². The van der Waals surface area contributed by atoms with Gasteiger partial charge < -0.3 is 10.5 Å². The summed E-state index contributed by atoms with van der Waals surface area (Å²) < 4.78 is 41.7. The molecule has 1 aromatic rings. The highest BCUT2D eigenvalue weighted by Gasteiger charge is 2.27. The average molecular weight is 397 g/mol. The molecule has 1 atom stereocenters. The van der Waals surface area contributed by atoms with Gasteiger partial charge in [0.1, 0.15) is 6.61 Å². The lowest BCUT2D eigenvalue weighted by atomic mass is 10.2. The summed E-state index contributed by atoms with van der Waals surface area (Å²) in [6.45, 7) is -1.23. The molecular formula is C9H10Br2F3NOS. The van der Waals surface area contributed by atoms with Gasteiger partial charge in [-0.15, -0.1) is 11.3 Å². The molecule has 0 fully saturated rings. The number of hydrogen-bond donors (Lipinski definition) is 1. The molecule has 2 nitrogen and oxygen atoms in total. The van der Waals surface area contributed by atoms with Crippen molar-refractivity contribution in [1.29, 1.82) is 0 Å². The molecule has 0 saturated heterocycles. The molecule has 98 valence electrons. The first-order valence-corrected chi connectivity index (χ1v) is 7.04. The van der Waals surface area contributed by atoms with Crippen LogP contribution in [-0.4, -0.2) is 19.4 Å². The standard InChI is InChI=1S/C9H10Br2F3NOS/c10-5-3-7(17-8(5)11)6(15)1-2-16-4-9(12,13)14/h3,6H,1-2,4,15H2. The van der Waals surface area contributed by atoms with Crippen LogP contribution in [0.3, 0.4) is 0 Å². The fourth-order valence-corrected chi connectivity index (χ4v) is 3.21. The summed E-state index contributed by atoms with van der Waals surface area (Å²) in [6.07, 6.45) is -3.92. The van der Waals surface area contributed by atoms with Crippen LogP contribution in [0.25, 0.3) is 0 Å². The van der Waals surface area contributed by atoms with Gasteiger partial charge in [-0.05, 0) is 44.3 Å². The van der Waals surface area contributed by atoms with Gasteiger partial charge in [0.2, 0.25) is 0 Å². The van der Waals surface area contributed by atoms with Gasteiger partial charge in [-0.2, -0.15) is 13.2 Å². The second-order valence-electron chi connectivity index (χ2n) is 3.33. The average Bonchev–Trinajstić information content (AvgIpc) is 2.52. The Hall–Kier alpha value is 0.370. The molecular weight excluding hydrogens is 387 g/mol. The van der Waals surface area contributed by atoms with Gasteiger partial charge in [0.15, 0.2) is 0 Å². The van der Waals surface area contributed by atoms with E-state index in [1.807, 2.05) is 6.07 Å². The molecule has 1 rings (SSSR count). The van der Waals surface area contributed by atoms with Gasteiger partial charge in [0.05, 0.1) is 3.79 Å². The molecule has 8 heteroatoms. The molecule has 0 amide bonds. The summed E-state index contributed by atoms with van der Waals surface area (Å²) in [4.78, 5) is 0.902. The Morgan fingerprint density at radius 3 is 2.53 bits per heavy atom. The van der Waals surface area contributed by atoms with Crippen LogP contribution in [0.5, 0.6) is 0 Å². The van der Waals surface area contributed by atoms with Crippen LogP contribution in [0.4, 0.5) is 13.2 Å². The van der Waals surface area contributed by atoms with Crippen molar-refractivity contribution in [2.45, 2.75) is 18.6 Å². The second kappa shape index (κ2) is 6.51. The molecule has 2 N–H and O–H groups in total. The molecule has 0 aromatic carbocycles. The molecule has 0 aliphatic carbocycles. The van der Waals surface area contributed by atoms with Crippen molar-refractivity contribution in [2.75, 3.05) is 13.2 Å². The minimum atomic E-state index is -4.28. The van der Waals surface area contributed by atoms with Crippen molar-refractivity contribution < 1.29 is 17.9 Å². The second-order valence-corrected chi connectivity index (χ2v) is 6.59. The van der Waals surface area contributed by atoms with Crippen LogP contribution in [0.2, 0.25) is 0 Å². The predicted octanol–water partition coefficient (Wildman–Crippen LogP) is 4.24. The zero-order chi connectivity index (χ0) is 13.1. The summed E-state index contributed by atoms with van der Waals surface area (Å²) in [5.74, 6) is 0. The number of hydrogen-bond acceptors (Lipinski definition) is 3. The molecule has 1 aromatic heterocycles. The van der Waals surface area contributed by atoms with Crippen molar-refractivity contribution >= 4 is 43.2 Å². The Bertz CT molecular complexity index is 350. The van der Waals surface area contributed by atoms with Gasteiger partial charge in [0, 0.05) is 22.0 Å². The lowest BCUT2D eigenvalue weighted by Crippen LogP contribution is -2.19. The van der Waals surface area contributed by atoms with Crippen LogP contribution in [0.15, 0.2) is 14.3 Å². The van der Waals surface area contributed by atoms with Crippen molar-refractivity contribution in [3.63, 3.8) is 0 Å². The molecule has 1 heterocycles. The maximum absolute atomic E-state index is 11.8. The molecule has 0 saturated carbocycles. The maximum atomic E-state index is 11.8. The Morgan fingerprint density at radius 1 is 1.41 bits per heavy atom. The van der Waals surface area contributed by atoms with Crippen molar-refractivity contribution in [2.24, 2.45) is 5.73 Å². The summed E-state index contributed by atoms with van der Waals surface area (Å²) >= 11 is 8.10. The van der Waals surface area contributed by atoms with E-state index in [4.69, 9.17) is 5.73 Å². The summed E-state index contributed by atoms with van der Waals surface area (Å²) in [7, 11) is 0. The monoisotopic (exact) mass is 395 g/mol. The highest BCUT2D eigenvalue weighted by atomic mass is 79.9. The molecule has 0 bridgehead atoms. The number of ether oxygens (including phenoxy) is 1. The van der Waals surface area contributed by atoms with E-state index in [9.17, 15) is 13.2 Å². The smallest absolute Gasteiger partial charge is 0.372 e. The number of thiophene rings is 1. The van der Waals surface area contributed by atoms with Crippen LogP contribution in [0, 0.1) is 0 Å². The highest BCUT2D eigenvalue weighted by Crippen LogP contribution is 2.35. The Balaban J connectivity index is 2.33. The van der Waals surface area contributed by atoms with Crippen molar-refractivity contribution in [3.8, 4) is 0 Å². The van der Waals surface area contributed by atoms with Gasteiger partial charge in [-0.25, -0.2) is 0 Å². The zero-order valence-electron chi connectivity index (χ0n) is 8.56. The number of halogens is 5. The van der Waals surface area contributed by atoms with E-state index in [-0.39, 0.29) is 12.6 Å². The van der Waals surface area contributed by atoms with E-state index in [0.717, 1.165) is 13.1 Å². The lowest BCUT2D eigenvalue weighted by molar-refractivity contribution is -0.174. The van der Waals surface area contributed by atoms with E-state index >= 15 is 0 Å². The first-order valence-electron chi connectivity index (χ1n) is 4.64. The Labute approximate surface area is 118 Å². The molecule has 1 unspecified atom stereocenters. The van der Waals surface area contributed by atoms with Crippen LogP contribution < -0.4 is 5.73 Å². The number of nitrogens with two attached hydrogens (primary N) is 1. The minimum absolute atomic E-state index is 0.00614. The SMILES string of the molecule is NC(CCOCC(F)(F)F)c1cc(Br)c(Br)s1. The van der Waals surface area contributed by atoms with Crippen LogP contribution in [-0.2, 0) is 4.74 Å². The van der Waals surface area contributed by atoms with E-state index in [2.05, 4.69) is 36.6 Å². The third kappa shape index (κ3) is 5.69. The number of alkyl halides is 3. The molecule has 0 radical (unpaired) electrons. The van der Waals surface area contributed by atoms with Crippen LogP contribution >= 0.6 is 43.2 Å². The molecule has 0 spiro atoms. The Kier molecular flexibility index (Phi) is 5.91. The summed E-state index contributed by atoms with van der Waals surface area (Å²) in [6, 6.07) is 1.54. The summed E-state index contributed by atoms with van der Waals surface area (Å²) in [5, 5.41) is 0. The van der Waals surface area contributed by atoms with Gasteiger partial charge in [-0.1, -0.05) is 0 Å². The topological polar surface area (TPSA) is 35.2 Å². The van der Waals surface area contributed by atoms with E-state index in [1.54, 1.807) is 0 Å². The predicted molar refractivity (Wildman–Crippen MR) is 68.1 cm³/mol. The van der Waals surface area contributed by atoms with E-state index in [0.29, 0.717) is 6.42 Å².